The number of nitrogens with one attached hydrogen (secondary N) is 2. The van der Waals surface area contributed by atoms with Gasteiger partial charge in [-0.3, -0.25) is 9.36 Å². The number of fused-ring (bicyclic) bond motifs is 2. The zero-order valence-electron chi connectivity index (χ0n) is 12.5. The smallest absolute Gasteiger partial charge is 0.340 e. The maximum Gasteiger partial charge on any atom is 0.449 e. The Labute approximate surface area is 139 Å². The van der Waals surface area contributed by atoms with Gasteiger partial charge in [0.15, 0.2) is 22.8 Å². The van der Waals surface area contributed by atoms with Crippen LogP contribution in [0.25, 0.3) is 22.2 Å². The molecule has 7 nitrogen and oxygen atoms in total. The van der Waals surface area contributed by atoms with Crippen LogP contribution in [0.2, 0.25) is 0 Å². The first-order valence-corrected chi connectivity index (χ1v) is 7.09. The fraction of sp³-hybridized carbons (Fsp3) is 0.143. The van der Waals surface area contributed by atoms with Gasteiger partial charge in [0.25, 0.3) is 5.56 Å². The van der Waals surface area contributed by atoms with Gasteiger partial charge >= 0.3 is 6.18 Å². The Balaban J connectivity index is 1.77. The van der Waals surface area contributed by atoms with E-state index in [0.29, 0.717) is 0 Å². The molecule has 0 aliphatic rings. The highest BCUT2D eigenvalue weighted by atomic mass is 19.4. The lowest BCUT2D eigenvalue weighted by atomic mass is 10.3. The topological polar surface area (TPSA) is 92.2 Å². The second-order valence-corrected chi connectivity index (χ2v) is 5.40. The molecule has 0 saturated heterocycles. The van der Waals surface area contributed by atoms with E-state index in [1.807, 2.05) is 4.98 Å². The quantitative estimate of drug-likeness (QED) is 0.530. The highest BCUT2D eigenvalue weighted by molar-refractivity contribution is 5.75. The SMILES string of the molecule is O=c1c2[nH]c(C(F)(F)F)nc2ncn1Cc1nc2c(F)c(F)ccc2[nH]1. The molecule has 0 unspecified atom stereocenters. The van der Waals surface area contributed by atoms with Crippen LogP contribution in [0.4, 0.5) is 22.0 Å². The summed E-state index contributed by atoms with van der Waals surface area (Å²) in [5.74, 6) is -3.46. The van der Waals surface area contributed by atoms with Crippen LogP contribution >= 0.6 is 0 Å². The van der Waals surface area contributed by atoms with Crippen LogP contribution in [0.3, 0.4) is 0 Å². The van der Waals surface area contributed by atoms with Crippen LogP contribution in [0.5, 0.6) is 0 Å². The monoisotopic (exact) mass is 370 g/mol. The summed E-state index contributed by atoms with van der Waals surface area (Å²) < 4.78 is 65.9. The summed E-state index contributed by atoms with van der Waals surface area (Å²) in [7, 11) is 0. The van der Waals surface area contributed by atoms with E-state index in [2.05, 4.69) is 19.9 Å². The minimum atomic E-state index is -4.75. The summed E-state index contributed by atoms with van der Waals surface area (Å²) in [6.45, 7) is -0.238. The van der Waals surface area contributed by atoms with Crippen molar-refractivity contribution in [1.82, 2.24) is 29.5 Å². The second kappa shape index (κ2) is 5.34. The lowest BCUT2D eigenvalue weighted by Gasteiger charge is -2.01. The molecular formula is C14H7F5N6O. The largest absolute Gasteiger partial charge is 0.449 e. The molecule has 12 heteroatoms. The highest BCUT2D eigenvalue weighted by Gasteiger charge is 2.35. The first-order chi connectivity index (χ1) is 12.2. The zero-order valence-corrected chi connectivity index (χ0v) is 12.5. The third-order valence-corrected chi connectivity index (χ3v) is 3.66. The van der Waals surface area contributed by atoms with Gasteiger partial charge in [-0.1, -0.05) is 0 Å². The molecule has 0 aliphatic carbocycles. The number of nitrogens with zero attached hydrogens (tertiary/aromatic N) is 4. The van der Waals surface area contributed by atoms with Crippen molar-refractivity contribution in [2.75, 3.05) is 0 Å². The second-order valence-electron chi connectivity index (χ2n) is 5.40. The summed E-state index contributed by atoms with van der Waals surface area (Å²) in [5.41, 5.74) is -1.65. The Kier molecular flexibility index (Phi) is 3.32. The lowest BCUT2D eigenvalue weighted by Crippen LogP contribution is -2.21. The van der Waals surface area contributed by atoms with Crippen LogP contribution in [0.1, 0.15) is 11.6 Å². The maximum atomic E-state index is 13.7. The average molecular weight is 370 g/mol. The molecule has 0 spiro atoms. The number of H-pyrrole nitrogens is 2. The van der Waals surface area contributed by atoms with Crippen molar-refractivity contribution < 1.29 is 22.0 Å². The van der Waals surface area contributed by atoms with Crippen LogP contribution < -0.4 is 5.56 Å². The number of rotatable bonds is 2. The summed E-state index contributed by atoms with van der Waals surface area (Å²) in [4.78, 5) is 27.7. The van der Waals surface area contributed by atoms with E-state index >= 15 is 0 Å². The first-order valence-electron chi connectivity index (χ1n) is 7.09. The van der Waals surface area contributed by atoms with Crippen molar-refractivity contribution in [3.05, 3.63) is 52.1 Å². The van der Waals surface area contributed by atoms with Gasteiger partial charge in [0.1, 0.15) is 17.7 Å². The molecule has 0 bridgehead atoms. The van der Waals surface area contributed by atoms with Crippen LogP contribution in [0.15, 0.2) is 23.3 Å². The summed E-state index contributed by atoms with van der Waals surface area (Å²) in [6.07, 6.45) is -3.76. The van der Waals surface area contributed by atoms with Crippen LogP contribution in [-0.2, 0) is 12.7 Å². The number of halogens is 5. The predicted molar refractivity (Wildman–Crippen MR) is 78.3 cm³/mol. The van der Waals surface area contributed by atoms with Gasteiger partial charge in [-0.2, -0.15) is 13.2 Å². The van der Waals surface area contributed by atoms with Crippen molar-refractivity contribution >= 4 is 22.2 Å². The third-order valence-electron chi connectivity index (χ3n) is 3.66. The number of hydrogen-bond donors (Lipinski definition) is 2. The van der Waals surface area contributed by atoms with E-state index in [-0.39, 0.29) is 29.0 Å². The van der Waals surface area contributed by atoms with Crippen LogP contribution in [-0.4, -0.2) is 29.5 Å². The van der Waals surface area contributed by atoms with E-state index in [1.54, 1.807) is 0 Å². The van der Waals surface area contributed by atoms with Crippen molar-refractivity contribution in [3.8, 4) is 0 Å². The molecule has 26 heavy (non-hydrogen) atoms. The number of imidazole rings is 2. The molecule has 1 aromatic carbocycles. The molecule has 0 fully saturated rings. The van der Waals surface area contributed by atoms with Crippen molar-refractivity contribution in [2.24, 2.45) is 0 Å². The molecule has 0 radical (unpaired) electrons. The molecule has 3 aromatic heterocycles. The van der Waals surface area contributed by atoms with Gasteiger partial charge in [0, 0.05) is 0 Å². The Hall–Kier alpha value is -3.31. The molecule has 3 heterocycles. The van der Waals surface area contributed by atoms with E-state index in [9.17, 15) is 26.7 Å². The molecular weight excluding hydrogens is 363 g/mol. The Morgan fingerprint density at radius 3 is 2.62 bits per heavy atom. The minimum Gasteiger partial charge on any atom is -0.340 e. The Bertz CT molecular complexity index is 1200. The molecule has 2 N–H and O–H groups in total. The van der Waals surface area contributed by atoms with Gasteiger partial charge in [-0.25, -0.2) is 23.7 Å². The molecule has 0 aliphatic heterocycles. The third kappa shape index (κ3) is 2.50. The molecule has 4 rings (SSSR count). The van der Waals surface area contributed by atoms with Gasteiger partial charge < -0.3 is 9.97 Å². The number of aromatic amines is 2. The van der Waals surface area contributed by atoms with E-state index in [0.717, 1.165) is 17.0 Å². The summed E-state index contributed by atoms with van der Waals surface area (Å²) in [5, 5.41) is 0. The van der Waals surface area contributed by atoms with Crippen molar-refractivity contribution in [2.45, 2.75) is 12.7 Å². The Morgan fingerprint density at radius 2 is 1.88 bits per heavy atom. The van der Waals surface area contributed by atoms with E-state index in [4.69, 9.17) is 0 Å². The number of hydrogen-bond acceptors (Lipinski definition) is 4. The fourth-order valence-corrected chi connectivity index (χ4v) is 2.48. The predicted octanol–water partition coefficient (Wildman–Crippen LogP) is 2.34. The minimum absolute atomic E-state index is 0.100. The molecule has 134 valence electrons. The number of aromatic nitrogens is 6. The molecule has 0 atom stereocenters. The van der Waals surface area contributed by atoms with Crippen LogP contribution in [0, 0.1) is 11.6 Å². The maximum absolute atomic E-state index is 13.7. The normalized spacial score (nSPS) is 12.3. The van der Waals surface area contributed by atoms with Gasteiger partial charge in [0.05, 0.1) is 12.1 Å². The highest BCUT2D eigenvalue weighted by Crippen LogP contribution is 2.27. The summed E-state index contributed by atoms with van der Waals surface area (Å²) >= 11 is 0. The molecule has 0 amide bonds. The molecule has 4 aromatic rings. The number of benzene rings is 1. The van der Waals surface area contributed by atoms with Crippen molar-refractivity contribution in [1.29, 1.82) is 0 Å². The average Bonchev–Trinajstić information content (AvgIpc) is 3.18. The van der Waals surface area contributed by atoms with Gasteiger partial charge in [-0.15, -0.1) is 0 Å². The van der Waals surface area contributed by atoms with Gasteiger partial charge in [-0.05, 0) is 12.1 Å². The van der Waals surface area contributed by atoms with E-state index in [1.165, 1.54) is 6.07 Å². The first kappa shape index (κ1) is 16.2. The van der Waals surface area contributed by atoms with E-state index < -0.39 is 34.7 Å². The number of alkyl halides is 3. The fourth-order valence-electron chi connectivity index (χ4n) is 2.48. The lowest BCUT2D eigenvalue weighted by molar-refractivity contribution is -0.144. The Morgan fingerprint density at radius 1 is 1.12 bits per heavy atom. The zero-order chi connectivity index (χ0) is 18.6. The van der Waals surface area contributed by atoms with Crippen molar-refractivity contribution in [3.63, 3.8) is 0 Å². The summed E-state index contributed by atoms with van der Waals surface area (Å²) in [6, 6.07) is 2.20. The van der Waals surface area contributed by atoms with Gasteiger partial charge in [0.2, 0.25) is 5.82 Å². The molecule has 0 saturated carbocycles. The standard InChI is InChI=1S/C14H7F5N6O/c15-5-1-2-6-9(8(5)16)22-7(21-6)3-25-4-20-11-10(12(25)26)23-13(24-11)14(17,18)19/h1-2,4H,3H2,(H,21,22)(H,23,24).